The Morgan fingerprint density at radius 1 is 0.929 bits per heavy atom. The second-order valence-electron chi connectivity index (χ2n) is 6.83. The molecular formula is C21H21FN2O4. The highest BCUT2D eigenvalue weighted by Crippen LogP contribution is 2.40. The number of aromatic hydroxyl groups is 2. The third kappa shape index (κ3) is 2.98. The maximum Gasteiger partial charge on any atom is 0.258 e. The number of aromatic nitrogens is 2. The second kappa shape index (κ2) is 6.99. The number of benzene rings is 1. The summed E-state index contributed by atoms with van der Waals surface area (Å²) in [5.74, 6) is -2.37. The van der Waals surface area contributed by atoms with Crippen molar-refractivity contribution in [2.75, 3.05) is 0 Å². The fraction of sp³-hybridized carbons (Fsp3) is 0.238. The summed E-state index contributed by atoms with van der Waals surface area (Å²) in [6.07, 6.45) is 0. The summed E-state index contributed by atoms with van der Waals surface area (Å²) in [6, 6.07) is 8.28. The van der Waals surface area contributed by atoms with Crippen molar-refractivity contribution >= 4 is 0 Å². The monoisotopic (exact) mass is 384 g/mol. The summed E-state index contributed by atoms with van der Waals surface area (Å²) in [4.78, 5) is 25.0. The minimum absolute atomic E-state index is 0.0738. The zero-order valence-electron chi connectivity index (χ0n) is 16.0. The van der Waals surface area contributed by atoms with E-state index in [9.17, 15) is 24.2 Å². The van der Waals surface area contributed by atoms with Gasteiger partial charge in [0.15, 0.2) is 0 Å². The maximum atomic E-state index is 14.8. The second-order valence-corrected chi connectivity index (χ2v) is 6.83. The van der Waals surface area contributed by atoms with Crippen LogP contribution in [0.15, 0.2) is 46.0 Å². The van der Waals surface area contributed by atoms with Crippen molar-refractivity contribution < 1.29 is 14.6 Å². The standard InChI is InChI=1S/C21H21FN2O4/c1-11-9-15(25)20(21(28)23(11)3)19(13-7-5-6-8-14(13)22)18-12(2)24(4)17(27)10-16(18)26/h5-10,19,25-26H,1-4H3. The van der Waals surface area contributed by atoms with Crippen LogP contribution in [0.5, 0.6) is 11.5 Å². The van der Waals surface area contributed by atoms with Gasteiger partial charge in [-0.1, -0.05) is 18.2 Å². The summed E-state index contributed by atoms with van der Waals surface area (Å²) in [6.45, 7) is 3.26. The minimum Gasteiger partial charge on any atom is -0.507 e. The molecule has 28 heavy (non-hydrogen) atoms. The van der Waals surface area contributed by atoms with E-state index in [-0.39, 0.29) is 28.2 Å². The van der Waals surface area contributed by atoms with Crippen molar-refractivity contribution in [3.05, 3.63) is 91.0 Å². The van der Waals surface area contributed by atoms with Gasteiger partial charge in [-0.05, 0) is 26.0 Å². The molecule has 0 spiro atoms. The summed E-state index contributed by atoms with van der Waals surface area (Å²) < 4.78 is 17.4. The Kier molecular flexibility index (Phi) is 4.85. The van der Waals surface area contributed by atoms with E-state index in [1.165, 1.54) is 40.4 Å². The van der Waals surface area contributed by atoms with Crippen molar-refractivity contribution in [3.8, 4) is 11.5 Å². The van der Waals surface area contributed by atoms with E-state index in [4.69, 9.17) is 0 Å². The molecule has 0 radical (unpaired) electrons. The van der Waals surface area contributed by atoms with E-state index >= 15 is 0 Å². The number of rotatable bonds is 3. The minimum atomic E-state index is -1.10. The van der Waals surface area contributed by atoms with Crippen LogP contribution in [0.2, 0.25) is 0 Å². The molecule has 1 atom stereocenters. The van der Waals surface area contributed by atoms with Gasteiger partial charge in [0.2, 0.25) is 0 Å². The van der Waals surface area contributed by atoms with Gasteiger partial charge in [0.1, 0.15) is 17.3 Å². The Morgan fingerprint density at radius 2 is 1.54 bits per heavy atom. The Bertz CT molecular complexity index is 1190. The first-order valence-electron chi connectivity index (χ1n) is 8.68. The Hall–Kier alpha value is -3.35. The summed E-state index contributed by atoms with van der Waals surface area (Å²) in [5, 5.41) is 21.2. The molecule has 1 aromatic carbocycles. The molecule has 3 aromatic rings. The van der Waals surface area contributed by atoms with Crippen molar-refractivity contribution in [1.82, 2.24) is 9.13 Å². The van der Waals surface area contributed by atoms with Gasteiger partial charge >= 0.3 is 0 Å². The predicted molar refractivity (Wildman–Crippen MR) is 104 cm³/mol. The van der Waals surface area contributed by atoms with E-state index in [1.54, 1.807) is 27.0 Å². The molecule has 0 aliphatic rings. The first-order valence-corrected chi connectivity index (χ1v) is 8.68. The Labute approximate surface area is 160 Å². The van der Waals surface area contributed by atoms with Crippen LogP contribution in [0.1, 0.15) is 34.0 Å². The summed E-state index contributed by atoms with van der Waals surface area (Å²) in [5.41, 5.74) is 0.153. The molecule has 2 N–H and O–H groups in total. The first-order chi connectivity index (χ1) is 13.1. The topological polar surface area (TPSA) is 84.5 Å². The fourth-order valence-corrected chi connectivity index (χ4v) is 3.44. The van der Waals surface area contributed by atoms with Gasteiger partial charge in [-0.2, -0.15) is 0 Å². The molecule has 0 bridgehead atoms. The van der Waals surface area contributed by atoms with Crippen LogP contribution in [-0.2, 0) is 14.1 Å². The van der Waals surface area contributed by atoms with Crippen molar-refractivity contribution in [1.29, 1.82) is 0 Å². The van der Waals surface area contributed by atoms with E-state index in [0.29, 0.717) is 11.4 Å². The molecule has 0 aliphatic carbocycles. The van der Waals surface area contributed by atoms with Crippen LogP contribution in [0, 0.1) is 19.7 Å². The lowest BCUT2D eigenvalue weighted by Gasteiger charge is -2.24. The molecule has 7 heteroatoms. The molecule has 3 rings (SSSR count). The number of nitrogens with zero attached hydrogens (tertiary/aromatic N) is 2. The molecule has 2 aromatic heterocycles. The van der Waals surface area contributed by atoms with E-state index in [2.05, 4.69) is 0 Å². The quantitative estimate of drug-likeness (QED) is 0.726. The molecule has 1 unspecified atom stereocenters. The van der Waals surface area contributed by atoms with E-state index in [0.717, 1.165) is 6.07 Å². The van der Waals surface area contributed by atoms with Gasteiger partial charge in [-0.15, -0.1) is 0 Å². The first kappa shape index (κ1) is 19.4. The molecular weight excluding hydrogens is 363 g/mol. The zero-order valence-corrected chi connectivity index (χ0v) is 16.0. The van der Waals surface area contributed by atoms with Crippen LogP contribution in [-0.4, -0.2) is 19.3 Å². The fourth-order valence-electron chi connectivity index (χ4n) is 3.44. The maximum absolute atomic E-state index is 14.8. The predicted octanol–water partition coefficient (Wildman–Crippen LogP) is 2.43. The SMILES string of the molecule is Cc1c(C(c2ccccc2F)c2c(O)cc(C)n(C)c2=O)c(O)cc(=O)n1C. The van der Waals surface area contributed by atoms with Gasteiger partial charge in [0.25, 0.3) is 11.1 Å². The third-order valence-electron chi connectivity index (χ3n) is 5.24. The van der Waals surface area contributed by atoms with Crippen molar-refractivity contribution in [2.24, 2.45) is 14.1 Å². The molecule has 0 saturated carbocycles. The van der Waals surface area contributed by atoms with E-state index < -0.39 is 22.9 Å². The normalized spacial score (nSPS) is 12.2. The van der Waals surface area contributed by atoms with Crippen molar-refractivity contribution in [2.45, 2.75) is 19.8 Å². The smallest absolute Gasteiger partial charge is 0.258 e. The molecule has 6 nitrogen and oxygen atoms in total. The number of pyridine rings is 2. The van der Waals surface area contributed by atoms with Gasteiger partial charge in [-0.3, -0.25) is 9.59 Å². The van der Waals surface area contributed by atoms with Crippen LogP contribution < -0.4 is 11.1 Å². The summed E-state index contributed by atoms with van der Waals surface area (Å²) in [7, 11) is 3.07. The van der Waals surface area contributed by atoms with Crippen molar-refractivity contribution in [3.63, 3.8) is 0 Å². The average molecular weight is 384 g/mol. The van der Waals surface area contributed by atoms with Crippen LogP contribution in [0.4, 0.5) is 4.39 Å². The highest BCUT2D eigenvalue weighted by atomic mass is 19.1. The third-order valence-corrected chi connectivity index (χ3v) is 5.24. The highest BCUT2D eigenvalue weighted by molar-refractivity contribution is 5.53. The lowest BCUT2D eigenvalue weighted by Crippen LogP contribution is -2.28. The van der Waals surface area contributed by atoms with Gasteiger partial charge in [-0.25, -0.2) is 4.39 Å². The number of aryl methyl sites for hydroxylation is 1. The van der Waals surface area contributed by atoms with E-state index in [1.807, 2.05) is 0 Å². The lowest BCUT2D eigenvalue weighted by atomic mass is 9.83. The average Bonchev–Trinajstić information content (AvgIpc) is 2.64. The Balaban J connectivity index is 2.50. The molecule has 0 fully saturated rings. The van der Waals surface area contributed by atoms with Gasteiger partial charge < -0.3 is 19.3 Å². The summed E-state index contributed by atoms with van der Waals surface area (Å²) >= 11 is 0. The molecule has 0 saturated heterocycles. The molecule has 0 amide bonds. The number of hydrogen-bond donors (Lipinski definition) is 2. The van der Waals surface area contributed by atoms with Crippen LogP contribution >= 0.6 is 0 Å². The van der Waals surface area contributed by atoms with Crippen LogP contribution in [0.3, 0.4) is 0 Å². The molecule has 146 valence electrons. The van der Waals surface area contributed by atoms with Gasteiger partial charge in [0.05, 0.1) is 11.5 Å². The van der Waals surface area contributed by atoms with Crippen LogP contribution in [0.25, 0.3) is 0 Å². The zero-order chi connectivity index (χ0) is 20.7. The lowest BCUT2D eigenvalue weighted by molar-refractivity contribution is 0.449. The Morgan fingerprint density at radius 3 is 2.18 bits per heavy atom. The van der Waals surface area contributed by atoms with Gasteiger partial charge in [0, 0.05) is 42.7 Å². The highest BCUT2D eigenvalue weighted by Gasteiger charge is 2.31. The largest absolute Gasteiger partial charge is 0.507 e. The molecule has 2 heterocycles. The number of halogens is 1. The molecule has 0 aliphatic heterocycles. The number of hydrogen-bond acceptors (Lipinski definition) is 4.